The zero-order chi connectivity index (χ0) is 15.1. The van der Waals surface area contributed by atoms with Crippen LogP contribution in [0.2, 0.25) is 0 Å². The normalized spacial score (nSPS) is 12.2. The molecule has 1 aromatic rings. The monoisotopic (exact) mass is 278 g/mol. The van der Waals surface area contributed by atoms with Crippen molar-refractivity contribution in [1.82, 2.24) is 4.90 Å². The molecule has 0 aromatic heterocycles. The Morgan fingerprint density at radius 3 is 2.60 bits per heavy atom. The highest BCUT2D eigenvalue weighted by molar-refractivity contribution is 5.91. The molecule has 0 bridgehead atoms. The molecule has 20 heavy (non-hydrogen) atoms. The van der Waals surface area contributed by atoms with Crippen LogP contribution in [0.1, 0.15) is 25.3 Å². The highest BCUT2D eigenvalue weighted by Gasteiger charge is 2.12. The average Bonchev–Trinajstić information content (AvgIpc) is 2.26. The van der Waals surface area contributed by atoms with E-state index in [0.29, 0.717) is 0 Å². The number of carboxylic acids is 1. The summed E-state index contributed by atoms with van der Waals surface area (Å²) in [6, 6.07) is 7.66. The van der Waals surface area contributed by atoms with Crippen LogP contribution in [0, 0.1) is 5.92 Å². The lowest BCUT2D eigenvalue weighted by Gasteiger charge is -2.12. The molecule has 1 unspecified atom stereocenters. The first kappa shape index (κ1) is 16.2. The topological polar surface area (TPSA) is 69.6 Å². The van der Waals surface area contributed by atoms with Crippen LogP contribution in [0.15, 0.2) is 24.3 Å². The zero-order valence-electron chi connectivity index (χ0n) is 12.2. The molecule has 0 saturated heterocycles. The molecule has 2 N–H and O–H groups in total. The molecule has 0 aliphatic carbocycles. The van der Waals surface area contributed by atoms with E-state index in [1.165, 1.54) is 0 Å². The number of rotatable bonds is 7. The van der Waals surface area contributed by atoms with Crippen LogP contribution in [0.3, 0.4) is 0 Å². The highest BCUT2D eigenvalue weighted by atomic mass is 16.4. The maximum Gasteiger partial charge on any atom is 0.303 e. The zero-order valence-corrected chi connectivity index (χ0v) is 12.2. The van der Waals surface area contributed by atoms with E-state index < -0.39 is 5.97 Å². The lowest BCUT2D eigenvalue weighted by Crippen LogP contribution is -2.17. The van der Waals surface area contributed by atoms with Gasteiger partial charge in [0.1, 0.15) is 0 Å². The predicted octanol–water partition coefficient (Wildman–Crippen LogP) is 2.19. The van der Waals surface area contributed by atoms with Crippen LogP contribution < -0.4 is 5.32 Å². The van der Waals surface area contributed by atoms with E-state index in [9.17, 15) is 9.59 Å². The quantitative estimate of drug-likeness (QED) is 0.802. The molecule has 5 nitrogen and oxygen atoms in total. The molecule has 1 rings (SSSR count). The number of carbonyl (C=O) groups is 2. The Balaban J connectivity index is 2.55. The van der Waals surface area contributed by atoms with Crippen LogP contribution in [-0.4, -0.2) is 36.0 Å². The molecule has 0 aliphatic heterocycles. The van der Waals surface area contributed by atoms with Crippen molar-refractivity contribution in [2.45, 2.75) is 26.3 Å². The van der Waals surface area contributed by atoms with E-state index in [2.05, 4.69) is 10.2 Å². The number of amides is 1. The van der Waals surface area contributed by atoms with Crippen LogP contribution in [0.4, 0.5) is 5.69 Å². The van der Waals surface area contributed by atoms with E-state index in [-0.39, 0.29) is 24.7 Å². The van der Waals surface area contributed by atoms with Crippen molar-refractivity contribution >= 4 is 17.6 Å². The van der Waals surface area contributed by atoms with Crippen molar-refractivity contribution in [1.29, 1.82) is 0 Å². The van der Waals surface area contributed by atoms with Crippen LogP contribution >= 0.6 is 0 Å². The first-order valence-electron chi connectivity index (χ1n) is 6.62. The summed E-state index contributed by atoms with van der Waals surface area (Å²) in [5, 5.41) is 11.5. The minimum atomic E-state index is -0.877. The fourth-order valence-corrected chi connectivity index (χ4v) is 2.01. The Labute approximate surface area is 119 Å². The van der Waals surface area contributed by atoms with Gasteiger partial charge in [-0.25, -0.2) is 0 Å². The summed E-state index contributed by atoms with van der Waals surface area (Å²) >= 11 is 0. The van der Waals surface area contributed by atoms with Crippen molar-refractivity contribution in [3.63, 3.8) is 0 Å². The Morgan fingerprint density at radius 1 is 1.30 bits per heavy atom. The fraction of sp³-hybridized carbons (Fsp3) is 0.467. The number of benzene rings is 1. The summed E-state index contributed by atoms with van der Waals surface area (Å²) in [4.78, 5) is 24.4. The first-order chi connectivity index (χ1) is 9.36. The van der Waals surface area contributed by atoms with E-state index in [0.717, 1.165) is 17.8 Å². The van der Waals surface area contributed by atoms with Gasteiger partial charge in [0.25, 0.3) is 0 Å². The van der Waals surface area contributed by atoms with Crippen LogP contribution in [0.5, 0.6) is 0 Å². The third-order valence-corrected chi connectivity index (χ3v) is 2.77. The van der Waals surface area contributed by atoms with Gasteiger partial charge in [0.15, 0.2) is 0 Å². The van der Waals surface area contributed by atoms with Gasteiger partial charge in [0.05, 0.1) is 0 Å². The molecular formula is C15H22N2O3. The third kappa shape index (κ3) is 6.33. The van der Waals surface area contributed by atoms with Gasteiger partial charge < -0.3 is 15.3 Å². The Bertz CT molecular complexity index is 472. The first-order valence-corrected chi connectivity index (χ1v) is 6.62. The van der Waals surface area contributed by atoms with Crippen molar-refractivity contribution in [2.75, 3.05) is 19.4 Å². The van der Waals surface area contributed by atoms with Gasteiger partial charge in [-0.05, 0) is 37.7 Å². The second-order valence-corrected chi connectivity index (χ2v) is 5.39. The molecule has 1 aromatic carbocycles. The average molecular weight is 278 g/mol. The summed E-state index contributed by atoms with van der Waals surface area (Å²) in [6.07, 6.45) is 0.221. The van der Waals surface area contributed by atoms with Crippen LogP contribution in [-0.2, 0) is 16.1 Å². The summed E-state index contributed by atoms with van der Waals surface area (Å²) in [5.41, 5.74) is 1.86. The van der Waals surface area contributed by atoms with Gasteiger partial charge >= 0.3 is 5.97 Å². The molecule has 0 spiro atoms. The van der Waals surface area contributed by atoms with Gasteiger partial charge in [-0.1, -0.05) is 19.1 Å². The smallest absolute Gasteiger partial charge is 0.303 e. The lowest BCUT2D eigenvalue weighted by molar-refractivity contribution is -0.138. The van der Waals surface area contributed by atoms with Crippen molar-refractivity contribution < 1.29 is 14.7 Å². The lowest BCUT2D eigenvalue weighted by atomic mass is 10.0. The van der Waals surface area contributed by atoms with Gasteiger partial charge in [-0.3, -0.25) is 9.59 Å². The van der Waals surface area contributed by atoms with E-state index in [1.54, 1.807) is 6.92 Å². The summed E-state index contributed by atoms with van der Waals surface area (Å²) < 4.78 is 0. The maximum absolute atomic E-state index is 11.8. The van der Waals surface area contributed by atoms with Crippen LogP contribution in [0.25, 0.3) is 0 Å². The fourth-order valence-electron chi connectivity index (χ4n) is 2.01. The summed E-state index contributed by atoms with van der Waals surface area (Å²) in [5.74, 6) is -1.20. The Hall–Kier alpha value is -1.88. The van der Waals surface area contributed by atoms with E-state index in [1.807, 2.05) is 38.4 Å². The summed E-state index contributed by atoms with van der Waals surface area (Å²) in [6.45, 7) is 2.56. The Morgan fingerprint density at radius 2 is 2.00 bits per heavy atom. The SMILES string of the molecule is CC(CC(=O)O)CC(=O)Nc1cccc(CN(C)C)c1. The molecule has 1 amide bonds. The molecule has 0 heterocycles. The standard InChI is InChI=1S/C15H22N2O3/c1-11(8-15(19)20)7-14(18)16-13-6-4-5-12(9-13)10-17(2)3/h4-6,9,11H,7-8,10H2,1-3H3,(H,16,18)(H,19,20). The minimum Gasteiger partial charge on any atom is -0.481 e. The third-order valence-electron chi connectivity index (χ3n) is 2.77. The minimum absolute atomic E-state index is 0.00802. The molecule has 5 heteroatoms. The van der Waals surface area contributed by atoms with Gasteiger partial charge in [-0.15, -0.1) is 0 Å². The second kappa shape index (κ2) is 7.65. The molecule has 1 atom stereocenters. The Kier molecular flexibility index (Phi) is 6.18. The number of nitrogens with one attached hydrogen (secondary N) is 1. The summed E-state index contributed by atoms with van der Waals surface area (Å²) in [7, 11) is 3.97. The van der Waals surface area contributed by atoms with Crippen molar-refractivity contribution in [2.24, 2.45) is 5.92 Å². The molecule has 0 fully saturated rings. The van der Waals surface area contributed by atoms with Gasteiger partial charge in [0, 0.05) is 25.1 Å². The number of anilines is 1. The number of carboxylic acid groups (broad SMARTS) is 1. The number of hydrogen-bond donors (Lipinski definition) is 2. The molecule has 0 saturated carbocycles. The largest absolute Gasteiger partial charge is 0.481 e. The molecule has 0 aliphatic rings. The number of aliphatic carboxylic acids is 1. The second-order valence-electron chi connectivity index (χ2n) is 5.39. The van der Waals surface area contributed by atoms with Gasteiger partial charge in [0.2, 0.25) is 5.91 Å². The maximum atomic E-state index is 11.8. The van der Waals surface area contributed by atoms with Gasteiger partial charge in [-0.2, -0.15) is 0 Å². The number of hydrogen-bond acceptors (Lipinski definition) is 3. The number of carbonyl (C=O) groups excluding carboxylic acids is 1. The predicted molar refractivity (Wildman–Crippen MR) is 78.5 cm³/mol. The molecular weight excluding hydrogens is 256 g/mol. The highest BCUT2D eigenvalue weighted by Crippen LogP contribution is 2.14. The van der Waals surface area contributed by atoms with E-state index >= 15 is 0 Å². The van der Waals surface area contributed by atoms with Crippen molar-refractivity contribution in [3.05, 3.63) is 29.8 Å². The number of nitrogens with zero attached hydrogens (tertiary/aromatic N) is 1. The molecule has 0 radical (unpaired) electrons. The molecule has 110 valence electrons. The van der Waals surface area contributed by atoms with Crippen molar-refractivity contribution in [3.8, 4) is 0 Å². The van der Waals surface area contributed by atoms with E-state index in [4.69, 9.17) is 5.11 Å².